The molecule has 102 valence electrons. The van der Waals surface area contributed by atoms with Gasteiger partial charge >= 0.3 is 0 Å². The van der Waals surface area contributed by atoms with E-state index in [1.165, 1.54) is 16.8 Å². The molecule has 0 saturated carbocycles. The smallest absolute Gasteiger partial charge is 0.0907 e. The Labute approximate surface area is 120 Å². The lowest BCUT2D eigenvalue weighted by molar-refractivity contribution is 0.491. The summed E-state index contributed by atoms with van der Waals surface area (Å²) in [5, 5.41) is 6.93. The maximum Gasteiger partial charge on any atom is 0.0907 e. The van der Waals surface area contributed by atoms with Crippen molar-refractivity contribution in [2.75, 3.05) is 5.01 Å². The summed E-state index contributed by atoms with van der Waals surface area (Å²) in [6, 6.07) is 19.2. The zero-order valence-electron chi connectivity index (χ0n) is 12.3. The Hall–Kier alpha value is -2.09. The quantitative estimate of drug-likeness (QED) is 0.780. The molecule has 20 heavy (non-hydrogen) atoms. The van der Waals surface area contributed by atoms with Gasteiger partial charge in [-0.05, 0) is 38.5 Å². The summed E-state index contributed by atoms with van der Waals surface area (Å²) in [6.07, 6.45) is 0.963. The summed E-state index contributed by atoms with van der Waals surface area (Å²) in [5.74, 6) is 0. The molecule has 1 atom stereocenters. The van der Waals surface area contributed by atoms with E-state index in [9.17, 15) is 0 Å². The maximum atomic E-state index is 4.77. The highest BCUT2D eigenvalue weighted by molar-refractivity contribution is 5.87. The molecule has 2 aromatic carbocycles. The Bertz CT molecular complexity index is 628. The van der Waals surface area contributed by atoms with Crippen molar-refractivity contribution >= 4 is 11.4 Å². The molecule has 0 fully saturated rings. The summed E-state index contributed by atoms with van der Waals surface area (Å²) in [7, 11) is 0. The SMILES string of the molecule is CC1=NN(c2ccc(C)cc2)C(C)(c2ccccc2)C1. The second-order valence-corrected chi connectivity index (χ2v) is 5.80. The van der Waals surface area contributed by atoms with Crippen LogP contribution in [-0.4, -0.2) is 5.71 Å². The molecule has 0 spiro atoms. The van der Waals surface area contributed by atoms with Crippen LogP contribution in [0, 0.1) is 6.92 Å². The van der Waals surface area contributed by atoms with E-state index >= 15 is 0 Å². The molecular weight excluding hydrogens is 244 g/mol. The Kier molecular flexibility index (Phi) is 3.09. The van der Waals surface area contributed by atoms with Crippen LogP contribution in [0.2, 0.25) is 0 Å². The third-order valence-electron chi connectivity index (χ3n) is 4.01. The second kappa shape index (κ2) is 4.78. The van der Waals surface area contributed by atoms with Crippen molar-refractivity contribution in [2.45, 2.75) is 32.7 Å². The number of hydrogen-bond donors (Lipinski definition) is 0. The molecule has 0 N–H and O–H groups in total. The lowest BCUT2D eigenvalue weighted by Gasteiger charge is -2.35. The molecule has 0 radical (unpaired) electrons. The molecule has 2 heteroatoms. The fourth-order valence-electron chi connectivity index (χ4n) is 2.94. The average molecular weight is 264 g/mol. The summed E-state index contributed by atoms with van der Waals surface area (Å²) >= 11 is 0. The number of benzene rings is 2. The largest absolute Gasteiger partial charge is 0.255 e. The third kappa shape index (κ3) is 2.11. The summed E-state index contributed by atoms with van der Waals surface area (Å²) in [5.41, 5.74) is 4.81. The van der Waals surface area contributed by atoms with Gasteiger partial charge in [0.15, 0.2) is 0 Å². The maximum absolute atomic E-state index is 4.77. The van der Waals surface area contributed by atoms with E-state index in [-0.39, 0.29) is 5.54 Å². The van der Waals surface area contributed by atoms with Crippen molar-refractivity contribution in [1.82, 2.24) is 0 Å². The van der Waals surface area contributed by atoms with Gasteiger partial charge in [-0.15, -0.1) is 0 Å². The normalized spacial score (nSPS) is 21.9. The van der Waals surface area contributed by atoms with Gasteiger partial charge in [-0.2, -0.15) is 5.10 Å². The first-order valence-corrected chi connectivity index (χ1v) is 7.06. The van der Waals surface area contributed by atoms with Crippen molar-refractivity contribution in [3.63, 3.8) is 0 Å². The molecule has 0 aromatic heterocycles. The van der Waals surface area contributed by atoms with Crippen molar-refractivity contribution in [2.24, 2.45) is 5.10 Å². The number of hydrazone groups is 1. The molecule has 2 nitrogen and oxygen atoms in total. The van der Waals surface area contributed by atoms with E-state index in [1.807, 2.05) is 0 Å². The number of rotatable bonds is 2. The highest BCUT2D eigenvalue weighted by atomic mass is 15.5. The van der Waals surface area contributed by atoms with Gasteiger partial charge in [0.25, 0.3) is 0 Å². The molecular formula is C18H20N2. The topological polar surface area (TPSA) is 15.6 Å². The van der Waals surface area contributed by atoms with Crippen LogP contribution in [0.4, 0.5) is 5.69 Å². The molecule has 1 aliphatic rings. The second-order valence-electron chi connectivity index (χ2n) is 5.80. The highest BCUT2D eigenvalue weighted by Crippen LogP contribution is 2.40. The number of anilines is 1. The molecule has 1 heterocycles. The minimum absolute atomic E-state index is 0.0966. The van der Waals surface area contributed by atoms with Crippen LogP contribution in [0.1, 0.15) is 31.4 Å². The minimum atomic E-state index is -0.0966. The lowest BCUT2D eigenvalue weighted by atomic mass is 9.87. The molecule has 0 bridgehead atoms. The minimum Gasteiger partial charge on any atom is -0.255 e. The summed E-state index contributed by atoms with van der Waals surface area (Å²) < 4.78 is 0. The van der Waals surface area contributed by atoms with Gasteiger partial charge in [0.1, 0.15) is 0 Å². The van der Waals surface area contributed by atoms with Crippen LogP contribution in [0.3, 0.4) is 0 Å². The number of nitrogens with zero attached hydrogens (tertiary/aromatic N) is 2. The van der Waals surface area contributed by atoms with Gasteiger partial charge in [0.2, 0.25) is 0 Å². The van der Waals surface area contributed by atoms with E-state index in [4.69, 9.17) is 5.10 Å². The zero-order chi connectivity index (χ0) is 14.2. The Morgan fingerprint density at radius 2 is 1.60 bits per heavy atom. The lowest BCUT2D eigenvalue weighted by Crippen LogP contribution is -2.37. The van der Waals surface area contributed by atoms with Crippen LogP contribution < -0.4 is 5.01 Å². The van der Waals surface area contributed by atoms with Gasteiger partial charge in [-0.25, -0.2) is 0 Å². The fourth-order valence-corrected chi connectivity index (χ4v) is 2.94. The van der Waals surface area contributed by atoms with Crippen LogP contribution in [-0.2, 0) is 5.54 Å². The summed E-state index contributed by atoms with van der Waals surface area (Å²) in [6.45, 7) is 6.48. The monoisotopic (exact) mass is 264 g/mol. The fraction of sp³-hybridized carbons (Fsp3) is 0.278. The van der Waals surface area contributed by atoms with E-state index in [0.29, 0.717) is 0 Å². The van der Waals surface area contributed by atoms with Gasteiger partial charge in [0, 0.05) is 12.1 Å². The predicted molar refractivity (Wildman–Crippen MR) is 85.2 cm³/mol. The Morgan fingerprint density at radius 1 is 0.950 bits per heavy atom. The van der Waals surface area contributed by atoms with E-state index in [2.05, 4.69) is 80.4 Å². The molecule has 1 aliphatic heterocycles. The first-order chi connectivity index (χ1) is 9.59. The van der Waals surface area contributed by atoms with E-state index in [1.54, 1.807) is 0 Å². The van der Waals surface area contributed by atoms with E-state index in [0.717, 1.165) is 12.1 Å². The molecule has 0 aliphatic carbocycles. The highest BCUT2D eigenvalue weighted by Gasteiger charge is 2.39. The zero-order valence-corrected chi connectivity index (χ0v) is 12.3. The molecule has 0 saturated heterocycles. The van der Waals surface area contributed by atoms with Gasteiger partial charge in [0.05, 0.1) is 11.2 Å². The van der Waals surface area contributed by atoms with Crippen molar-refractivity contribution < 1.29 is 0 Å². The van der Waals surface area contributed by atoms with Crippen molar-refractivity contribution in [1.29, 1.82) is 0 Å². The molecule has 1 unspecified atom stereocenters. The van der Waals surface area contributed by atoms with Crippen LogP contribution in [0.25, 0.3) is 0 Å². The van der Waals surface area contributed by atoms with Gasteiger partial charge in [-0.1, -0.05) is 48.0 Å². The number of hydrogen-bond acceptors (Lipinski definition) is 2. The van der Waals surface area contributed by atoms with Crippen LogP contribution >= 0.6 is 0 Å². The van der Waals surface area contributed by atoms with Crippen molar-refractivity contribution in [3.8, 4) is 0 Å². The van der Waals surface area contributed by atoms with Gasteiger partial charge < -0.3 is 0 Å². The Balaban J connectivity index is 2.05. The van der Waals surface area contributed by atoms with Crippen LogP contribution in [0.15, 0.2) is 59.7 Å². The Morgan fingerprint density at radius 3 is 2.25 bits per heavy atom. The third-order valence-corrected chi connectivity index (χ3v) is 4.01. The first-order valence-electron chi connectivity index (χ1n) is 7.06. The molecule has 2 aromatic rings. The number of aryl methyl sites for hydroxylation is 1. The standard InChI is InChI=1S/C18H20N2/c1-14-9-11-17(12-10-14)20-18(3,13-15(2)19-20)16-7-5-4-6-8-16/h4-12H,13H2,1-3H3. The van der Waals surface area contributed by atoms with Crippen molar-refractivity contribution in [3.05, 3.63) is 65.7 Å². The summed E-state index contributed by atoms with van der Waals surface area (Å²) in [4.78, 5) is 0. The van der Waals surface area contributed by atoms with Crippen LogP contribution in [0.5, 0.6) is 0 Å². The average Bonchev–Trinajstić information content (AvgIpc) is 2.77. The van der Waals surface area contributed by atoms with Gasteiger partial charge in [-0.3, -0.25) is 5.01 Å². The first kappa shape index (κ1) is 12.9. The molecule has 0 amide bonds. The molecule has 3 rings (SSSR count). The predicted octanol–water partition coefficient (Wildman–Crippen LogP) is 4.50. The van der Waals surface area contributed by atoms with E-state index < -0.39 is 0 Å².